The van der Waals surface area contributed by atoms with Gasteiger partial charge in [-0.05, 0) is 43.8 Å². The molecule has 0 saturated carbocycles. The van der Waals surface area contributed by atoms with Crippen molar-refractivity contribution >= 4 is 32.6 Å². The fourth-order valence-corrected chi connectivity index (χ4v) is 3.45. The van der Waals surface area contributed by atoms with E-state index in [0.29, 0.717) is 11.7 Å². The summed E-state index contributed by atoms with van der Waals surface area (Å²) in [5, 5.41) is 3.39. The molecule has 1 heterocycles. The van der Waals surface area contributed by atoms with Crippen LogP contribution in [0.15, 0.2) is 48.5 Å². The number of amides is 1. The molecule has 142 valence electrons. The number of alkyl halides is 2. The van der Waals surface area contributed by atoms with E-state index in [4.69, 9.17) is 0 Å². The van der Waals surface area contributed by atoms with Crippen LogP contribution in [0.1, 0.15) is 12.5 Å². The van der Waals surface area contributed by atoms with Gasteiger partial charge in [0.05, 0.1) is 16.3 Å². The van der Waals surface area contributed by atoms with Crippen molar-refractivity contribution in [3.63, 3.8) is 0 Å². The van der Waals surface area contributed by atoms with Crippen LogP contribution < -0.4 is 10.1 Å². The molecule has 3 rings (SSSR count). The number of ether oxygens (including phenoxy) is 1. The molecule has 0 saturated heterocycles. The Morgan fingerprint density at radius 3 is 2.78 bits per heavy atom. The van der Waals surface area contributed by atoms with E-state index in [-0.39, 0.29) is 11.7 Å². The SMILES string of the molecule is CC(C(=O)Nc1nc2ccccc2s1)N(C)Cc1cccc(OC(F)F)c1. The van der Waals surface area contributed by atoms with E-state index in [0.717, 1.165) is 15.8 Å². The molecule has 3 aromatic rings. The number of fused-ring (bicyclic) bond motifs is 1. The summed E-state index contributed by atoms with van der Waals surface area (Å²) in [7, 11) is 1.79. The Bertz CT molecular complexity index is 899. The van der Waals surface area contributed by atoms with Crippen LogP contribution in [0, 0.1) is 0 Å². The first-order valence-corrected chi connectivity index (χ1v) is 9.14. The second-order valence-corrected chi connectivity index (χ2v) is 7.12. The van der Waals surface area contributed by atoms with Crippen molar-refractivity contribution in [3.05, 3.63) is 54.1 Å². The second-order valence-electron chi connectivity index (χ2n) is 6.09. The third kappa shape index (κ3) is 4.99. The maximum atomic E-state index is 12.5. The largest absolute Gasteiger partial charge is 0.435 e. The van der Waals surface area contributed by atoms with Crippen LogP contribution in [-0.2, 0) is 11.3 Å². The van der Waals surface area contributed by atoms with Gasteiger partial charge in [-0.15, -0.1) is 0 Å². The molecule has 27 heavy (non-hydrogen) atoms. The van der Waals surface area contributed by atoms with Gasteiger partial charge in [-0.2, -0.15) is 8.78 Å². The molecule has 5 nitrogen and oxygen atoms in total. The van der Waals surface area contributed by atoms with Gasteiger partial charge in [-0.1, -0.05) is 35.6 Å². The van der Waals surface area contributed by atoms with E-state index in [2.05, 4.69) is 15.0 Å². The summed E-state index contributed by atoms with van der Waals surface area (Å²) in [6, 6.07) is 13.7. The number of hydrogen-bond donors (Lipinski definition) is 1. The third-order valence-corrected chi connectivity index (χ3v) is 5.07. The summed E-state index contributed by atoms with van der Waals surface area (Å²) in [5.41, 5.74) is 1.62. The number of likely N-dealkylation sites (N-methyl/N-ethyl adjacent to an activating group) is 1. The lowest BCUT2D eigenvalue weighted by Gasteiger charge is -2.23. The first-order valence-electron chi connectivity index (χ1n) is 8.33. The molecule has 2 aromatic carbocycles. The van der Waals surface area contributed by atoms with Crippen LogP contribution in [0.2, 0.25) is 0 Å². The number of rotatable bonds is 7. The van der Waals surface area contributed by atoms with Crippen LogP contribution in [0.25, 0.3) is 10.2 Å². The maximum Gasteiger partial charge on any atom is 0.387 e. The third-order valence-electron chi connectivity index (χ3n) is 4.12. The molecular formula is C19H19F2N3O2S. The number of carbonyl (C=O) groups is 1. The highest BCUT2D eigenvalue weighted by Gasteiger charge is 2.20. The summed E-state index contributed by atoms with van der Waals surface area (Å²) in [4.78, 5) is 18.7. The lowest BCUT2D eigenvalue weighted by molar-refractivity contribution is -0.120. The Balaban J connectivity index is 1.62. The molecule has 8 heteroatoms. The van der Waals surface area contributed by atoms with Crippen LogP contribution >= 0.6 is 11.3 Å². The predicted molar refractivity (Wildman–Crippen MR) is 102 cm³/mol. The average Bonchev–Trinajstić information content (AvgIpc) is 3.02. The average molecular weight is 391 g/mol. The first-order chi connectivity index (χ1) is 12.9. The van der Waals surface area contributed by atoms with Gasteiger partial charge in [-0.25, -0.2) is 4.98 Å². The number of anilines is 1. The van der Waals surface area contributed by atoms with Crippen LogP contribution in [0.3, 0.4) is 0 Å². The summed E-state index contributed by atoms with van der Waals surface area (Å²) in [6.45, 7) is -0.673. The topological polar surface area (TPSA) is 54.5 Å². The first kappa shape index (κ1) is 19.2. The van der Waals surface area contributed by atoms with Gasteiger partial charge >= 0.3 is 6.61 Å². The van der Waals surface area contributed by atoms with Crippen molar-refractivity contribution in [2.45, 2.75) is 26.1 Å². The van der Waals surface area contributed by atoms with Crippen LogP contribution in [0.5, 0.6) is 5.75 Å². The molecule has 1 atom stereocenters. The second kappa shape index (κ2) is 8.41. The quantitative estimate of drug-likeness (QED) is 0.650. The van der Waals surface area contributed by atoms with E-state index in [9.17, 15) is 13.6 Å². The Hall–Kier alpha value is -2.58. The molecule has 0 fully saturated rings. The summed E-state index contributed by atoms with van der Waals surface area (Å²) in [5.74, 6) is -0.0842. The Morgan fingerprint density at radius 2 is 2.04 bits per heavy atom. The molecule has 0 bridgehead atoms. The molecule has 1 unspecified atom stereocenters. The van der Waals surface area contributed by atoms with Crippen molar-refractivity contribution in [2.75, 3.05) is 12.4 Å². The van der Waals surface area contributed by atoms with Gasteiger partial charge in [0.2, 0.25) is 5.91 Å². The van der Waals surface area contributed by atoms with Gasteiger partial charge in [0.1, 0.15) is 5.75 Å². The number of aromatic nitrogens is 1. The molecule has 0 aliphatic carbocycles. The van der Waals surface area contributed by atoms with Crippen molar-refractivity contribution in [3.8, 4) is 5.75 Å². The zero-order valence-electron chi connectivity index (χ0n) is 14.9. The number of hydrogen-bond acceptors (Lipinski definition) is 5. The highest BCUT2D eigenvalue weighted by Crippen LogP contribution is 2.25. The molecule has 0 aliphatic rings. The smallest absolute Gasteiger partial charge is 0.387 e. The van der Waals surface area contributed by atoms with Gasteiger partial charge in [0.15, 0.2) is 5.13 Å². The minimum absolute atomic E-state index is 0.0995. The molecule has 1 amide bonds. The molecule has 1 N–H and O–H groups in total. The normalized spacial score (nSPS) is 12.5. The number of nitrogens with zero attached hydrogens (tertiary/aromatic N) is 2. The molecule has 1 aromatic heterocycles. The monoisotopic (exact) mass is 391 g/mol. The highest BCUT2D eigenvalue weighted by molar-refractivity contribution is 7.22. The maximum absolute atomic E-state index is 12.5. The fraction of sp³-hybridized carbons (Fsp3) is 0.263. The number of carbonyl (C=O) groups excluding carboxylic acids is 1. The zero-order chi connectivity index (χ0) is 19.4. The van der Waals surface area contributed by atoms with E-state index in [1.807, 2.05) is 29.2 Å². The van der Waals surface area contributed by atoms with Crippen molar-refractivity contribution in [1.29, 1.82) is 0 Å². The number of para-hydroxylation sites is 1. The lowest BCUT2D eigenvalue weighted by Crippen LogP contribution is -2.39. The van der Waals surface area contributed by atoms with Gasteiger partial charge in [-0.3, -0.25) is 9.69 Å². The van der Waals surface area contributed by atoms with E-state index >= 15 is 0 Å². The molecule has 0 radical (unpaired) electrons. The van der Waals surface area contributed by atoms with Crippen molar-refractivity contribution in [2.24, 2.45) is 0 Å². The Kier molecular flexibility index (Phi) is 5.98. The van der Waals surface area contributed by atoms with Crippen molar-refractivity contribution < 1.29 is 18.3 Å². The van der Waals surface area contributed by atoms with Crippen LogP contribution in [-0.4, -0.2) is 35.5 Å². The Morgan fingerprint density at radius 1 is 1.26 bits per heavy atom. The highest BCUT2D eigenvalue weighted by atomic mass is 32.1. The van der Waals surface area contributed by atoms with E-state index in [1.165, 1.54) is 17.4 Å². The number of benzene rings is 2. The zero-order valence-corrected chi connectivity index (χ0v) is 15.7. The summed E-state index contributed by atoms with van der Waals surface area (Å²) < 4.78 is 30.1. The Labute approximate surface area is 159 Å². The lowest BCUT2D eigenvalue weighted by atomic mass is 10.2. The predicted octanol–water partition coefficient (Wildman–Crippen LogP) is 4.36. The number of nitrogens with one attached hydrogen (secondary N) is 1. The molecule has 0 aliphatic heterocycles. The fourth-order valence-electron chi connectivity index (χ4n) is 2.58. The summed E-state index contributed by atoms with van der Waals surface area (Å²) in [6.07, 6.45) is 0. The minimum atomic E-state index is -2.86. The van der Waals surface area contributed by atoms with Gasteiger partial charge < -0.3 is 10.1 Å². The van der Waals surface area contributed by atoms with E-state index in [1.54, 1.807) is 32.2 Å². The van der Waals surface area contributed by atoms with Crippen molar-refractivity contribution in [1.82, 2.24) is 9.88 Å². The summed E-state index contributed by atoms with van der Waals surface area (Å²) >= 11 is 1.42. The number of halogens is 2. The van der Waals surface area contributed by atoms with Gasteiger partial charge in [0, 0.05) is 6.54 Å². The van der Waals surface area contributed by atoms with E-state index < -0.39 is 12.7 Å². The molecule has 0 spiro atoms. The molecular weight excluding hydrogens is 372 g/mol. The number of thiazole rings is 1. The van der Waals surface area contributed by atoms with Gasteiger partial charge in [0.25, 0.3) is 0 Å². The van der Waals surface area contributed by atoms with Crippen LogP contribution in [0.4, 0.5) is 13.9 Å². The standard InChI is InChI=1S/C19H19F2N3O2S/c1-12(17(25)23-19-22-15-8-3-4-9-16(15)27-19)24(2)11-13-6-5-7-14(10-13)26-18(20)21/h3-10,12,18H,11H2,1-2H3,(H,22,23,25). The minimum Gasteiger partial charge on any atom is -0.435 e.